The zero-order chi connectivity index (χ0) is 44.3. The summed E-state index contributed by atoms with van der Waals surface area (Å²) >= 11 is 0. The van der Waals surface area contributed by atoms with E-state index in [-0.39, 0.29) is 25.6 Å². The number of esters is 2. The Balaban J connectivity index is 4.23. The maximum atomic E-state index is 12.7. The van der Waals surface area contributed by atoms with E-state index in [1.165, 1.54) is 167 Å². The lowest BCUT2D eigenvalue weighted by Crippen LogP contribution is -2.37. The van der Waals surface area contributed by atoms with Crippen molar-refractivity contribution in [3.8, 4) is 0 Å². The lowest BCUT2D eigenvalue weighted by molar-refractivity contribution is -0.870. The molecule has 0 spiro atoms. The lowest BCUT2D eigenvalue weighted by atomic mass is 10.0. The van der Waals surface area contributed by atoms with Crippen LogP contribution >= 0.6 is 7.82 Å². The largest absolute Gasteiger partial charge is 0.472 e. The quantitative estimate of drug-likeness (QED) is 0.0212. The Bertz CT molecular complexity index is 1030. The number of phosphoric acid groups is 1. The SMILES string of the molecule is CCCCCCCC/C=C/CCCCCCCCCC(=O)O[C@H](COC(=O)CCCCCCCCCCCCCCCCCCCCC)COP(=O)(O)OCC[N+](C)(C)C. The standard InChI is InChI=1S/C50H98NO8P/c1-6-8-10-12-14-16-18-20-22-24-25-27-28-30-32-34-36-38-40-42-49(52)56-46-48(47-58-60(54,55)57-45-44-51(3,4)5)59-50(53)43-41-39-37-35-33-31-29-26-23-21-19-17-15-13-11-9-7-2/h21,23,48H,6-20,22,24-47H2,1-5H3/p+1/b23-21+/t48-/m1/s1. The van der Waals surface area contributed by atoms with Gasteiger partial charge in [0.1, 0.15) is 19.8 Å². The first-order valence-corrected chi connectivity index (χ1v) is 26.9. The maximum absolute atomic E-state index is 12.7. The molecule has 10 heteroatoms. The van der Waals surface area contributed by atoms with Crippen molar-refractivity contribution in [2.24, 2.45) is 0 Å². The van der Waals surface area contributed by atoms with Crippen LogP contribution in [0.4, 0.5) is 0 Å². The number of quaternary nitrogens is 1. The summed E-state index contributed by atoms with van der Waals surface area (Å²) in [5.41, 5.74) is 0. The van der Waals surface area contributed by atoms with Crippen molar-refractivity contribution in [1.29, 1.82) is 0 Å². The molecule has 0 aliphatic heterocycles. The molecule has 0 fully saturated rings. The minimum absolute atomic E-state index is 0.0342. The molecule has 0 radical (unpaired) electrons. The zero-order valence-corrected chi connectivity index (χ0v) is 41.1. The third-order valence-corrected chi connectivity index (χ3v) is 12.3. The molecule has 0 heterocycles. The summed E-state index contributed by atoms with van der Waals surface area (Å²) in [4.78, 5) is 35.5. The van der Waals surface area contributed by atoms with Gasteiger partial charge >= 0.3 is 19.8 Å². The van der Waals surface area contributed by atoms with Gasteiger partial charge in [-0.1, -0.05) is 206 Å². The minimum Gasteiger partial charge on any atom is -0.462 e. The lowest BCUT2D eigenvalue weighted by Gasteiger charge is -2.24. The number of rotatable bonds is 47. The molecule has 0 saturated heterocycles. The number of hydrogen-bond acceptors (Lipinski definition) is 7. The Morgan fingerprint density at radius 3 is 1.23 bits per heavy atom. The molecule has 0 aromatic rings. The van der Waals surface area contributed by atoms with Crippen molar-refractivity contribution in [1.82, 2.24) is 0 Å². The van der Waals surface area contributed by atoms with Gasteiger partial charge in [0.05, 0.1) is 27.7 Å². The van der Waals surface area contributed by atoms with E-state index in [0.29, 0.717) is 23.9 Å². The van der Waals surface area contributed by atoms with Gasteiger partial charge in [-0.2, -0.15) is 0 Å². The van der Waals surface area contributed by atoms with Crippen molar-refractivity contribution in [2.45, 2.75) is 251 Å². The second kappa shape index (κ2) is 43.0. The average Bonchev–Trinajstić information content (AvgIpc) is 3.20. The van der Waals surface area contributed by atoms with Gasteiger partial charge in [-0.15, -0.1) is 0 Å². The first kappa shape index (κ1) is 58.8. The molecular formula is C50H99NO8P+. The van der Waals surface area contributed by atoms with Crippen molar-refractivity contribution in [3.05, 3.63) is 12.2 Å². The van der Waals surface area contributed by atoms with Crippen LogP contribution in [0.3, 0.4) is 0 Å². The second-order valence-electron chi connectivity index (χ2n) is 18.6. The Morgan fingerprint density at radius 2 is 0.850 bits per heavy atom. The first-order valence-electron chi connectivity index (χ1n) is 25.4. The van der Waals surface area contributed by atoms with Gasteiger partial charge in [-0.05, 0) is 38.5 Å². The highest BCUT2D eigenvalue weighted by molar-refractivity contribution is 7.47. The molecule has 0 aliphatic rings. The normalized spacial score (nSPS) is 13.5. The predicted octanol–water partition coefficient (Wildman–Crippen LogP) is 14.9. The Morgan fingerprint density at radius 1 is 0.500 bits per heavy atom. The van der Waals surface area contributed by atoms with Crippen LogP contribution in [0, 0.1) is 0 Å². The molecule has 0 bridgehead atoms. The Labute approximate surface area is 371 Å². The fraction of sp³-hybridized carbons (Fsp3) is 0.920. The van der Waals surface area contributed by atoms with Crippen molar-refractivity contribution in [3.63, 3.8) is 0 Å². The van der Waals surface area contributed by atoms with Crippen molar-refractivity contribution in [2.75, 3.05) is 47.5 Å². The Hall–Kier alpha value is -1.25. The van der Waals surface area contributed by atoms with Crippen LogP contribution in [0.1, 0.15) is 245 Å². The summed E-state index contributed by atoms with van der Waals surface area (Å²) in [7, 11) is 1.49. The van der Waals surface area contributed by atoms with E-state index in [1.54, 1.807) is 0 Å². The molecule has 0 aromatic heterocycles. The fourth-order valence-corrected chi connectivity index (χ4v) is 8.05. The summed E-state index contributed by atoms with van der Waals surface area (Å²) in [6.07, 6.45) is 46.9. The fourth-order valence-electron chi connectivity index (χ4n) is 7.31. The first-order chi connectivity index (χ1) is 29.0. The molecule has 356 valence electrons. The van der Waals surface area contributed by atoms with Gasteiger partial charge in [0.2, 0.25) is 0 Å². The number of hydrogen-bond donors (Lipinski definition) is 1. The van der Waals surface area contributed by atoms with Gasteiger partial charge in [0, 0.05) is 12.8 Å². The average molecular weight is 873 g/mol. The van der Waals surface area contributed by atoms with E-state index in [4.69, 9.17) is 18.5 Å². The molecule has 0 rings (SSSR count). The van der Waals surface area contributed by atoms with E-state index in [2.05, 4.69) is 26.0 Å². The summed E-state index contributed by atoms with van der Waals surface area (Å²) < 4.78 is 34.4. The van der Waals surface area contributed by atoms with Crippen LogP contribution in [-0.2, 0) is 32.7 Å². The summed E-state index contributed by atoms with van der Waals surface area (Å²) in [6, 6.07) is 0. The number of allylic oxidation sites excluding steroid dienone is 2. The third-order valence-electron chi connectivity index (χ3n) is 11.3. The zero-order valence-electron chi connectivity index (χ0n) is 40.2. The highest BCUT2D eigenvalue weighted by Crippen LogP contribution is 2.43. The van der Waals surface area contributed by atoms with Crippen LogP contribution in [0.2, 0.25) is 0 Å². The highest BCUT2D eigenvalue weighted by atomic mass is 31.2. The molecule has 0 amide bonds. The summed E-state index contributed by atoms with van der Waals surface area (Å²) in [5, 5.41) is 0. The van der Waals surface area contributed by atoms with Crippen LogP contribution in [-0.4, -0.2) is 74.9 Å². The summed E-state index contributed by atoms with van der Waals surface area (Å²) in [5.74, 6) is -0.788. The van der Waals surface area contributed by atoms with E-state index >= 15 is 0 Å². The number of phosphoric ester groups is 1. The third kappa shape index (κ3) is 46.3. The smallest absolute Gasteiger partial charge is 0.462 e. The number of likely N-dealkylation sites (N-methyl/N-ethyl adjacent to an activating group) is 1. The molecule has 0 aromatic carbocycles. The molecule has 0 aliphatic carbocycles. The summed E-state index contributed by atoms with van der Waals surface area (Å²) in [6.45, 7) is 4.46. The minimum atomic E-state index is -4.37. The van der Waals surface area contributed by atoms with Crippen molar-refractivity contribution < 1.29 is 42.1 Å². The molecule has 1 N–H and O–H groups in total. The number of ether oxygens (including phenoxy) is 2. The van der Waals surface area contributed by atoms with Gasteiger partial charge in [-0.25, -0.2) is 4.57 Å². The number of carbonyl (C=O) groups excluding carboxylic acids is 2. The van der Waals surface area contributed by atoms with Gasteiger partial charge in [0.15, 0.2) is 6.10 Å². The molecule has 9 nitrogen and oxygen atoms in total. The monoisotopic (exact) mass is 873 g/mol. The molecular weight excluding hydrogens is 774 g/mol. The number of unbranched alkanes of at least 4 members (excludes halogenated alkanes) is 31. The van der Waals surface area contributed by atoms with E-state index < -0.39 is 26.5 Å². The van der Waals surface area contributed by atoms with Crippen LogP contribution in [0.5, 0.6) is 0 Å². The topological polar surface area (TPSA) is 108 Å². The van der Waals surface area contributed by atoms with Gasteiger partial charge < -0.3 is 18.9 Å². The van der Waals surface area contributed by atoms with E-state index in [0.717, 1.165) is 44.9 Å². The molecule has 1 unspecified atom stereocenters. The molecule has 0 saturated carbocycles. The van der Waals surface area contributed by atoms with Crippen LogP contribution in [0.15, 0.2) is 12.2 Å². The van der Waals surface area contributed by atoms with Gasteiger partial charge in [-0.3, -0.25) is 18.6 Å². The number of carbonyl (C=O) groups is 2. The number of nitrogens with zero attached hydrogens (tertiary/aromatic N) is 1. The van der Waals surface area contributed by atoms with Crippen LogP contribution in [0.25, 0.3) is 0 Å². The second-order valence-corrected chi connectivity index (χ2v) is 20.0. The highest BCUT2D eigenvalue weighted by Gasteiger charge is 2.27. The van der Waals surface area contributed by atoms with E-state index in [1.807, 2.05) is 21.1 Å². The Kier molecular flexibility index (Phi) is 42.1. The maximum Gasteiger partial charge on any atom is 0.472 e. The van der Waals surface area contributed by atoms with E-state index in [9.17, 15) is 19.0 Å². The van der Waals surface area contributed by atoms with Crippen molar-refractivity contribution >= 4 is 19.8 Å². The molecule has 60 heavy (non-hydrogen) atoms. The molecule has 2 atom stereocenters. The van der Waals surface area contributed by atoms with Gasteiger partial charge in [0.25, 0.3) is 0 Å². The van der Waals surface area contributed by atoms with Crippen LogP contribution < -0.4 is 0 Å². The predicted molar refractivity (Wildman–Crippen MR) is 252 cm³/mol.